The average molecular weight is 236 g/mol. The Bertz CT molecular complexity index is 347. The quantitative estimate of drug-likeness (QED) is 0.561. The van der Waals surface area contributed by atoms with Crippen molar-refractivity contribution in [2.45, 2.75) is 57.7 Å². The lowest BCUT2D eigenvalue weighted by atomic mass is 9.52. The van der Waals surface area contributed by atoms with Gasteiger partial charge in [0.25, 0.3) is 0 Å². The van der Waals surface area contributed by atoms with Gasteiger partial charge in [-0.2, -0.15) is 0 Å². The van der Waals surface area contributed by atoms with Gasteiger partial charge in [0.2, 0.25) is 0 Å². The van der Waals surface area contributed by atoms with Crippen LogP contribution in [0, 0.1) is 17.3 Å². The van der Waals surface area contributed by atoms with Crippen LogP contribution in [-0.4, -0.2) is 23.4 Å². The van der Waals surface area contributed by atoms with E-state index in [0.717, 1.165) is 31.1 Å². The highest BCUT2D eigenvalue weighted by Gasteiger charge is 2.58. The second kappa shape index (κ2) is 3.58. The monoisotopic (exact) mass is 236 g/mol. The van der Waals surface area contributed by atoms with Gasteiger partial charge in [-0.25, -0.2) is 0 Å². The molecule has 2 heteroatoms. The molecule has 3 fully saturated rings. The van der Waals surface area contributed by atoms with Gasteiger partial charge in [0.1, 0.15) is 5.60 Å². The highest BCUT2D eigenvalue weighted by molar-refractivity contribution is 5.16. The third-order valence-electron chi connectivity index (χ3n) is 5.54. The number of hydrogen-bond donors (Lipinski definition) is 1. The van der Waals surface area contributed by atoms with E-state index in [9.17, 15) is 5.11 Å². The number of epoxide rings is 1. The van der Waals surface area contributed by atoms with Crippen LogP contribution in [0.3, 0.4) is 0 Å². The van der Waals surface area contributed by atoms with Crippen LogP contribution < -0.4 is 0 Å². The molecule has 0 amide bonds. The summed E-state index contributed by atoms with van der Waals surface area (Å²) in [5.41, 5.74) is 1.71. The number of hydrogen-bond acceptors (Lipinski definition) is 2. The van der Waals surface area contributed by atoms with E-state index in [1.807, 2.05) is 0 Å². The molecule has 1 heterocycles. The smallest absolute Gasteiger partial charge is 0.118 e. The molecule has 1 saturated heterocycles. The molecule has 0 aromatic rings. The summed E-state index contributed by atoms with van der Waals surface area (Å²) in [6.07, 6.45) is 5.96. The second-order valence-corrected chi connectivity index (χ2v) is 6.97. The standard InChI is InChI=1S/C15H24O2/c1-10-4-5-13-15(9-16,17-13)7-6-12-11(10)8-14(12,2)3/h11-13,16H,1,4-9H2,2-3H3/t11?,12?,13-,15-/m0/s1. The van der Waals surface area contributed by atoms with E-state index in [4.69, 9.17) is 4.74 Å². The summed E-state index contributed by atoms with van der Waals surface area (Å²) in [6.45, 7) is 9.23. The van der Waals surface area contributed by atoms with Crippen molar-refractivity contribution in [1.29, 1.82) is 0 Å². The molecule has 0 spiro atoms. The minimum atomic E-state index is -0.180. The van der Waals surface area contributed by atoms with Crippen molar-refractivity contribution in [3.8, 4) is 0 Å². The number of ether oxygens (including phenoxy) is 1. The zero-order chi connectivity index (χ0) is 12.3. The Morgan fingerprint density at radius 1 is 1.41 bits per heavy atom. The predicted molar refractivity (Wildman–Crippen MR) is 67.7 cm³/mol. The van der Waals surface area contributed by atoms with Crippen LogP contribution in [0.5, 0.6) is 0 Å². The molecular weight excluding hydrogens is 212 g/mol. The molecular formula is C15H24O2. The van der Waals surface area contributed by atoms with Gasteiger partial charge in [-0.1, -0.05) is 26.0 Å². The lowest BCUT2D eigenvalue weighted by Gasteiger charge is -2.53. The van der Waals surface area contributed by atoms with Gasteiger partial charge in [0.05, 0.1) is 12.7 Å². The fourth-order valence-corrected chi connectivity index (χ4v) is 4.18. The summed E-state index contributed by atoms with van der Waals surface area (Å²) in [4.78, 5) is 0. The average Bonchev–Trinajstić information content (AvgIpc) is 2.96. The minimum absolute atomic E-state index is 0.180. The van der Waals surface area contributed by atoms with Gasteiger partial charge >= 0.3 is 0 Å². The summed E-state index contributed by atoms with van der Waals surface area (Å²) in [7, 11) is 0. The van der Waals surface area contributed by atoms with Crippen LogP contribution in [-0.2, 0) is 4.74 Å². The van der Waals surface area contributed by atoms with Crippen LogP contribution >= 0.6 is 0 Å². The van der Waals surface area contributed by atoms with Crippen molar-refractivity contribution in [1.82, 2.24) is 0 Å². The fraction of sp³-hybridized carbons (Fsp3) is 0.867. The first-order valence-corrected chi connectivity index (χ1v) is 6.95. The van der Waals surface area contributed by atoms with Crippen molar-refractivity contribution in [2.75, 3.05) is 6.61 Å². The van der Waals surface area contributed by atoms with E-state index >= 15 is 0 Å². The molecule has 2 aliphatic carbocycles. The molecule has 1 aliphatic heterocycles. The molecule has 0 radical (unpaired) electrons. The summed E-state index contributed by atoms with van der Waals surface area (Å²) in [5.74, 6) is 1.49. The first-order chi connectivity index (χ1) is 7.98. The summed E-state index contributed by atoms with van der Waals surface area (Å²) in [6, 6.07) is 0. The second-order valence-electron chi connectivity index (χ2n) is 6.97. The Labute approximate surface area is 104 Å². The van der Waals surface area contributed by atoms with Gasteiger partial charge < -0.3 is 9.84 Å². The zero-order valence-corrected chi connectivity index (χ0v) is 11.0. The van der Waals surface area contributed by atoms with Crippen LogP contribution in [0.4, 0.5) is 0 Å². The lowest BCUT2D eigenvalue weighted by Crippen LogP contribution is -2.45. The molecule has 2 nitrogen and oxygen atoms in total. The maximum atomic E-state index is 9.52. The highest BCUT2D eigenvalue weighted by Crippen LogP contribution is 2.59. The Morgan fingerprint density at radius 3 is 2.82 bits per heavy atom. The normalized spacial score (nSPS) is 47.9. The fourth-order valence-electron chi connectivity index (χ4n) is 4.18. The third-order valence-corrected chi connectivity index (χ3v) is 5.54. The Kier molecular flexibility index (Phi) is 2.47. The molecule has 2 saturated carbocycles. The number of rotatable bonds is 1. The van der Waals surface area contributed by atoms with Gasteiger partial charge in [-0.05, 0) is 49.4 Å². The lowest BCUT2D eigenvalue weighted by molar-refractivity contribution is -0.00507. The third kappa shape index (κ3) is 1.68. The van der Waals surface area contributed by atoms with Crippen LogP contribution in [0.2, 0.25) is 0 Å². The maximum absolute atomic E-state index is 9.52. The number of aliphatic hydroxyl groups excluding tert-OH is 1. The van der Waals surface area contributed by atoms with Crippen LogP contribution in [0.15, 0.2) is 12.2 Å². The summed E-state index contributed by atoms with van der Waals surface area (Å²) in [5, 5.41) is 9.52. The first kappa shape index (κ1) is 11.7. The zero-order valence-electron chi connectivity index (χ0n) is 11.0. The van der Waals surface area contributed by atoms with E-state index in [0.29, 0.717) is 11.5 Å². The molecule has 3 rings (SSSR count). The minimum Gasteiger partial charge on any atom is -0.393 e. The first-order valence-electron chi connectivity index (χ1n) is 6.95. The van der Waals surface area contributed by atoms with Crippen molar-refractivity contribution >= 4 is 0 Å². The largest absolute Gasteiger partial charge is 0.393 e. The SMILES string of the molecule is C=C1CC[C@@H]2O[C@]2(CO)CCC2C1CC2(C)C. The van der Waals surface area contributed by atoms with Gasteiger partial charge in [-0.15, -0.1) is 0 Å². The molecule has 0 aromatic carbocycles. The Hall–Kier alpha value is -0.340. The maximum Gasteiger partial charge on any atom is 0.118 e. The highest BCUT2D eigenvalue weighted by atomic mass is 16.6. The van der Waals surface area contributed by atoms with Crippen molar-refractivity contribution in [2.24, 2.45) is 17.3 Å². The summed E-state index contributed by atoms with van der Waals surface area (Å²) >= 11 is 0. The topological polar surface area (TPSA) is 32.8 Å². The van der Waals surface area contributed by atoms with E-state index in [2.05, 4.69) is 20.4 Å². The molecule has 96 valence electrons. The molecule has 3 aliphatic rings. The Balaban J connectivity index is 1.77. The number of fused-ring (bicyclic) bond motifs is 2. The molecule has 0 bridgehead atoms. The van der Waals surface area contributed by atoms with Crippen molar-refractivity contribution in [3.05, 3.63) is 12.2 Å². The predicted octanol–water partition coefficient (Wildman–Crippen LogP) is 2.91. The number of allylic oxidation sites excluding steroid dienone is 1. The molecule has 0 aromatic heterocycles. The Morgan fingerprint density at radius 2 is 2.18 bits per heavy atom. The molecule has 1 N–H and O–H groups in total. The van der Waals surface area contributed by atoms with E-state index < -0.39 is 0 Å². The molecule has 4 atom stereocenters. The van der Waals surface area contributed by atoms with E-state index in [1.54, 1.807) is 0 Å². The van der Waals surface area contributed by atoms with E-state index in [1.165, 1.54) is 18.4 Å². The van der Waals surface area contributed by atoms with E-state index in [-0.39, 0.29) is 12.2 Å². The van der Waals surface area contributed by atoms with Crippen molar-refractivity contribution < 1.29 is 9.84 Å². The van der Waals surface area contributed by atoms with Gasteiger partial charge in [0, 0.05) is 0 Å². The summed E-state index contributed by atoms with van der Waals surface area (Å²) < 4.78 is 5.76. The van der Waals surface area contributed by atoms with Crippen molar-refractivity contribution in [3.63, 3.8) is 0 Å². The molecule has 17 heavy (non-hydrogen) atoms. The molecule has 2 unspecified atom stereocenters. The van der Waals surface area contributed by atoms with Gasteiger partial charge in [-0.3, -0.25) is 0 Å². The van der Waals surface area contributed by atoms with Crippen LogP contribution in [0.1, 0.15) is 46.0 Å². The van der Waals surface area contributed by atoms with Crippen LogP contribution in [0.25, 0.3) is 0 Å². The van der Waals surface area contributed by atoms with Gasteiger partial charge in [0.15, 0.2) is 0 Å². The number of aliphatic hydroxyl groups is 1.